The Bertz CT molecular complexity index is 582. The summed E-state index contributed by atoms with van der Waals surface area (Å²) in [5.74, 6) is 0.0776. The van der Waals surface area contributed by atoms with E-state index in [9.17, 15) is 4.79 Å². The molecule has 1 aromatic heterocycles. The highest BCUT2D eigenvalue weighted by molar-refractivity contribution is 5.95. The molecule has 2 fully saturated rings. The molecule has 2 aliphatic heterocycles. The summed E-state index contributed by atoms with van der Waals surface area (Å²) in [7, 11) is 1.91. The van der Waals surface area contributed by atoms with Gasteiger partial charge >= 0.3 is 0 Å². The number of amides is 1. The SMILES string of the molecule is Cc1nn(C)c(C)c1NC(=O)[C@@H](C)N1CCC(N2CCCC2)CC1. The first-order valence-electron chi connectivity index (χ1n) is 9.26. The van der Waals surface area contributed by atoms with Crippen LogP contribution in [-0.2, 0) is 11.8 Å². The Kier molecular flexibility index (Phi) is 5.25. The smallest absolute Gasteiger partial charge is 0.241 e. The lowest BCUT2D eigenvalue weighted by Gasteiger charge is -2.38. The molecule has 0 aromatic carbocycles. The van der Waals surface area contributed by atoms with Crippen LogP contribution in [0.3, 0.4) is 0 Å². The Balaban J connectivity index is 1.54. The van der Waals surface area contributed by atoms with E-state index in [1.807, 2.05) is 32.5 Å². The summed E-state index contributed by atoms with van der Waals surface area (Å²) in [5.41, 5.74) is 2.74. The molecule has 0 saturated carbocycles. The third-order valence-corrected chi connectivity index (χ3v) is 5.84. The van der Waals surface area contributed by atoms with Crippen molar-refractivity contribution in [3.63, 3.8) is 0 Å². The van der Waals surface area contributed by atoms with Gasteiger partial charge in [-0.25, -0.2) is 0 Å². The van der Waals surface area contributed by atoms with E-state index in [1.54, 1.807) is 0 Å². The highest BCUT2D eigenvalue weighted by Crippen LogP contribution is 2.23. The van der Waals surface area contributed by atoms with E-state index in [2.05, 4.69) is 20.2 Å². The molecule has 6 heteroatoms. The Hall–Kier alpha value is -1.40. The van der Waals surface area contributed by atoms with Crippen LogP contribution < -0.4 is 5.32 Å². The molecule has 2 aliphatic rings. The van der Waals surface area contributed by atoms with Crippen molar-refractivity contribution < 1.29 is 4.79 Å². The quantitative estimate of drug-likeness (QED) is 0.915. The number of likely N-dealkylation sites (tertiary alicyclic amines) is 2. The number of hydrogen-bond donors (Lipinski definition) is 1. The molecule has 0 spiro atoms. The molecule has 0 bridgehead atoms. The molecule has 1 N–H and O–H groups in total. The number of nitrogens with zero attached hydrogens (tertiary/aromatic N) is 4. The number of hydrogen-bond acceptors (Lipinski definition) is 4. The van der Waals surface area contributed by atoms with Gasteiger partial charge in [-0.15, -0.1) is 0 Å². The maximum absolute atomic E-state index is 12.7. The predicted molar refractivity (Wildman–Crippen MR) is 96.2 cm³/mol. The fourth-order valence-corrected chi connectivity index (χ4v) is 4.09. The zero-order chi connectivity index (χ0) is 17.3. The van der Waals surface area contributed by atoms with Crippen LogP contribution in [0.5, 0.6) is 0 Å². The molecule has 1 amide bonds. The second kappa shape index (κ2) is 7.23. The molecular weight excluding hydrogens is 302 g/mol. The summed E-state index contributed by atoms with van der Waals surface area (Å²) in [6, 6.07) is 0.630. The van der Waals surface area contributed by atoms with Gasteiger partial charge in [-0.05, 0) is 59.5 Å². The molecule has 3 heterocycles. The lowest BCUT2D eigenvalue weighted by Crippen LogP contribution is -2.50. The van der Waals surface area contributed by atoms with Crippen LogP contribution >= 0.6 is 0 Å². The Morgan fingerprint density at radius 2 is 1.79 bits per heavy atom. The zero-order valence-corrected chi connectivity index (χ0v) is 15.5. The third-order valence-electron chi connectivity index (χ3n) is 5.84. The number of rotatable bonds is 4. The summed E-state index contributed by atoms with van der Waals surface area (Å²) < 4.78 is 1.82. The Labute approximate surface area is 145 Å². The van der Waals surface area contributed by atoms with Gasteiger partial charge in [0.1, 0.15) is 0 Å². The molecule has 1 atom stereocenters. The standard InChI is InChI=1S/C18H31N5O/c1-13-17(14(2)21(4)20-13)19-18(24)15(3)22-11-7-16(8-12-22)23-9-5-6-10-23/h15-16H,5-12H2,1-4H3,(H,19,24)/t15-/m1/s1. The highest BCUT2D eigenvalue weighted by atomic mass is 16.2. The number of aryl methyl sites for hydroxylation is 2. The Morgan fingerprint density at radius 3 is 2.33 bits per heavy atom. The minimum Gasteiger partial charge on any atom is -0.322 e. The molecule has 0 unspecified atom stereocenters. The molecule has 3 rings (SSSR count). The van der Waals surface area contributed by atoms with Gasteiger partial charge in [0.05, 0.1) is 23.1 Å². The fourth-order valence-electron chi connectivity index (χ4n) is 4.09. The van der Waals surface area contributed by atoms with E-state index >= 15 is 0 Å². The largest absolute Gasteiger partial charge is 0.322 e. The molecular formula is C18H31N5O. The van der Waals surface area contributed by atoms with E-state index < -0.39 is 0 Å². The molecule has 24 heavy (non-hydrogen) atoms. The van der Waals surface area contributed by atoms with Crippen LogP contribution in [0, 0.1) is 13.8 Å². The van der Waals surface area contributed by atoms with Crippen LogP contribution in [0.15, 0.2) is 0 Å². The van der Waals surface area contributed by atoms with Gasteiger partial charge < -0.3 is 10.2 Å². The predicted octanol–water partition coefficient (Wildman–Crippen LogP) is 1.92. The minimum absolute atomic E-state index is 0.0776. The molecule has 6 nitrogen and oxygen atoms in total. The summed E-state index contributed by atoms with van der Waals surface area (Å²) in [6.45, 7) is 10.5. The summed E-state index contributed by atoms with van der Waals surface area (Å²) >= 11 is 0. The van der Waals surface area contributed by atoms with Gasteiger partial charge in [-0.3, -0.25) is 14.4 Å². The average Bonchev–Trinajstić information content (AvgIpc) is 3.19. The second-order valence-corrected chi connectivity index (χ2v) is 7.34. The summed E-state index contributed by atoms with van der Waals surface area (Å²) in [4.78, 5) is 17.6. The first-order valence-corrected chi connectivity index (χ1v) is 9.26. The van der Waals surface area contributed by atoms with Crippen molar-refractivity contribution in [2.24, 2.45) is 7.05 Å². The van der Waals surface area contributed by atoms with Crippen molar-refractivity contribution in [3.05, 3.63) is 11.4 Å². The summed E-state index contributed by atoms with van der Waals surface area (Å²) in [5, 5.41) is 7.46. The molecule has 1 aromatic rings. The van der Waals surface area contributed by atoms with E-state index in [0.29, 0.717) is 0 Å². The number of carbonyl (C=O) groups is 1. The number of nitrogens with one attached hydrogen (secondary N) is 1. The van der Waals surface area contributed by atoms with Gasteiger partial charge in [-0.1, -0.05) is 0 Å². The molecule has 0 radical (unpaired) electrons. The van der Waals surface area contributed by atoms with E-state index in [0.717, 1.165) is 36.2 Å². The lowest BCUT2D eigenvalue weighted by molar-refractivity contribution is -0.121. The first kappa shape index (κ1) is 17.4. The van der Waals surface area contributed by atoms with Crippen LogP contribution in [0.2, 0.25) is 0 Å². The van der Waals surface area contributed by atoms with Crippen molar-refractivity contribution in [3.8, 4) is 0 Å². The van der Waals surface area contributed by atoms with Gasteiger partial charge in [0.15, 0.2) is 0 Å². The number of piperidine rings is 1. The number of aromatic nitrogens is 2. The second-order valence-electron chi connectivity index (χ2n) is 7.34. The summed E-state index contributed by atoms with van der Waals surface area (Å²) in [6.07, 6.45) is 5.07. The van der Waals surface area contributed by atoms with E-state index in [4.69, 9.17) is 0 Å². The maximum atomic E-state index is 12.7. The average molecular weight is 333 g/mol. The maximum Gasteiger partial charge on any atom is 0.241 e. The monoisotopic (exact) mass is 333 g/mol. The highest BCUT2D eigenvalue weighted by Gasteiger charge is 2.30. The van der Waals surface area contributed by atoms with Crippen molar-refractivity contribution in [1.82, 2.24) is 19.6 Å². The van der Waals surface area contributed by atoms with Crippen LogP contribution in [0.4, 0.5) is 5.69 Å². The number of carbonyl (C=O) groups excluding carboxylic acids is 1. The topological polar surface area (TPSA) is 53.4 Å². The van der Waals surface area contributed by atoms with Crippen molar-refractivity contribution in [1.29, 1.82) is 0 Å². The zero-order valence-electron chi connectivity index (χ0n) is 15.5. The third kappa shape index (κ3) is 3.49. The van der Waals surface area contributed by atoms with Gasteiger partial charge in [0.2, 0.25) is 5.91 Å². The van der Waals surface area contributed by atoms with Crippen LogP contribution in [0.25, 0.3) is 0 Å². The van der Waals surface area contributed by atoms with Gasteiger partial charge in [-0.2, -0.15) is 5.10 Å². The van der Waals surface area contributed by atoms with Crippen LogP contribution in [0.1, 0.15) is 44.0 Å². The van der Waals surface area contributed by atoms with E-state index in [-0.39, 0.29) is 11.9 Å². The van der Waals surface area contributed by atoms with Crippen molar-refractivity contribution >= 4 is 11.6 Å². The van der Waals surface area contributed by atoms with Gasteiger partial charge in [0.25, 0.3) is 0 Å². The van der Waals surface area contributed by atoms with Crippen LogP contribution in [-0.4, -0.2) is 63.8 Å². The van der Waals surface area contributed by atoms with Crippen molar-refractivity contribution in [2.75, 3.05) is 31.5 Å². The first-order chi connectivity index (χ1) is 11.5. The molecule has 0 aliphatic carbocycles. The fraction of sp³-hybridized carbons (Fsp3) is 0.778. The Morgan fingerprint density at radius 1 is 1.17 bits per heavy atom. The normalized spacial score (nSPS) is 22.0. The van der Waals surface area contributed by atoms with Gasteiger partial charge in [0, 0.05) is 26.2 Å². The number of anilines is 1. The molecule has 134 valence electrons. The van der Waals surface area contributed by atoms with Crippen molar-refractivity contribution in [2.45, 2.75) is 58.5 Å². The molecule has 2 saturated heterocycles. The lowest BCUT2D eigenvalue weighted by atomic mass is 10.0. The van der Waals surface area contributed by atoms with E-state index in [1.165, 1.54) is 38.8 Å². The minimum atomic E-state index is -0.0939.